The van der Waals surface area contributed by atoms with Crippen molar-refractivity contribution in [1.82, 2.24) is 15.1 Å². The molecule has 118 valence electrons. The minimum Gasteiger partial charge on any atom is -0.394 e. The van der Waals surface area contributed by atoms with E-state index in [2.05, 4.69) is 15.7 Å². The molecule has 6 nitrogen and oxygen atoms in total. The summed E-state index contributed by atoms with van der Waals surface area (Å²) < 4.78 is 1.81. The van der Waals surface area contributed by atoms with Crippen LogP contribution in [0, 0.1) is 13.8 Å². The van der Waals surface area contributed by atoms with Crippen LogP contribution in [0.4, 0.5) is 5.69 Å². The van der Waals surface area contributed by atoms with Crippen LogP contribution >= 0.6 is 0 Å². The van der Waals surface area contributed by atoms with Crippen molar-refractivity contribution in [3.8, 4) is 0 Å². The zero-order valence-corrected chi connectivity index (χ0v) is 13.2. The lowest BCUT2D eigenvalue weighted by molar-refractivity contribution is 0.0963. The fourth-order valence-electron chi connectivity index (χ4n) is 2.41. The molecule has 1 aromatic carbocycles. The van der Waals surface area contributed by atoms with Gasteiger partial charge in [0.25, 0.3) is 5.91 Å². The number of aryl methyl sites for hydroxylation is 1. The van der Waals surface area contributed by atoms with Gasteiger partial charge in [0.05, 0.1) is 18.8 Å². The van der Waals surface area contributed by atoms with Crippen molar-refractivity contribution in [1.29, 1.82) is 0 Å². The van der Waals surface area contributed by atoms with E-state index in [9.17, 15) is 4.79 Å². The van der Waals surface area contributed by atoms with Crippen molar-refractivity contribution in [2.24, 2.45) is 0 Å². The van der Waals surface area contributed by atoms with Crippen molar-refractivity contribution < 1.29 is 9.90 Å². The van der Waals surface area contributed by atoms with E-state index < -0.39 is 0 Å². The van der Waals surface area contributed by atoms with Crippen molar-refractivity contribution >= 4 is 11.6 Å². The van der Waals surface area contributed by atoms with Crippen LogP contribution < -0.4 is 10.6 Å². The minimum absolute atomic E-state index is 0.0724. The van der Waals surface area contributed by atoms with Crippen molar-refractivity contribution in [2.75, 3.05) is 19.0 Å². The summed E-state index contributed by atoms with van der Waals surface area (Å²) in [5, 5.41) is 19.4. The largest absolute Gasteiger partial charge is 0.394 e. The number of anilines is 1. The van der Waals surface area contributed by atoms with E-state index in [-0.39, 0.29) is 12.5 Å². The maximum Gasteiger partial charge on any atom is 0.251 e. The molecule has 0 spiro atoms. The number of aliphatic hydroxyl groups is 1. The van der Waals surface area contributed by atoms with Crippen molar-refractivity contribution in [3.63, 3.8) is 0 Å². The first kappa shape index (κ1) is 16.0. The second-order valence-electron chi connectivity index (χ2n) is 5.11. The lowest BCUT2D eigenvalue weighted by Crippen LogP contribution is -2.17. The molecule has 0 aliphatic rings. The Hall–Kier alpha value is -2.34. The maximum absolute atomic E-state index is 11.6. The topological polar surface area (TPSA) is 79.2 Å². The molecule has 0 aliphatic heterocycles. The fourth-order valence-corrected chi connectivity index (χ4v) is 2.41. The molecule has 2 aromatic rings. The van der Waals surface area contributed by atoms with E-state index >= 15 is 0 Å². The Morgan fingerprint density at radius 2 is 2.14 bits per heavy atom. The number of aliphatic hydroxyl groups excluding tert-OH is 1. The monoisotopic (exact) mass is 302 g/mol. The first-order valence-corrected chi connectivity index (χ1v) is 7.26. The number of carbonyl (C=O) groups is 1. The van der Waals surface area contributed by atoms with Gasteiger partial charge in [0.1, 0.15) is 0 Å². The first-order chi connectivity index (χ1) is 10.6. The molecule has 1 aromatic heterocycles. The van der Waals surface area contributed by atoms with E-state index in [0.29, 0.717) is 18.7 Å². The zero-order valence-electron chi connectivity index (χ0n) is 13.2. The predicted molar refractivity (Wildman–Crippen MR) is 85.9 cm³/mol. The molecule has 0 unspecified atom stereocenters. The van der Waals surface area contributed by atoms with Gasteiger partial charge < -0.3 is 15.7 Å². The molecule has 0 aliphatic carbocycles. The van der Waals surface area contributed by atoms with Crippen LogP contribution in [0.5, 0.6) is 0 Å². The number of nitrogens with one attached hydrogen (secondary N) is 2. The number of benzene rings is 1. The summed E-state index contributed by atoms with van der Waals surface area (Å²) >= 11 is 0. The van der Waals surface area contributed by atoms with E-state index in [1.54, 1.807) is 13.1 Å². The van der Waals surface area contributed by atoms with Crippen molar-refractivity contribution in [3.05, 3.63) is 46.8 Å². The quantitative estimate of drug-likeness (QED) is 0.755. The van der Waals surface area contributed by atoms with Gasteiger partial charge in [-0.15, -0.1) is 0 Å². The summed E-state index contributed by atoms with van der Waals surface area (Å²) in [7, 11) is 1.62. The van der Waals surface area contributed by atoms with E-state index in [1.165, 1.54) is 0 Å². The van der Waals surface area contributed by atoms with Crippen LogP contribution in [-0.2, 0) is 13.1 Å². The number of hydrogen-bond acceptors (Lipinski definition) is 4. The number of nitrogens with zero attached hydrogens (tertiary/aromatic N) is 2. The van der Waals surface area contributed by atoms with Gasteiger partial charge in [0.2, 0.25) is 0 Å². The van der Waals surface area contributed by atoms with Gasteiger partial charge in [-0.25, -0.2) is 0 Å². The standard InChI is InChI=1S/C16H22N4O2/c1-11-15(12(2)20(19-11)7-8-21)10-18-14-6-4-5-13(9-14)16(22)17-3/h4-6,9,18,21H,7-8,10H2,1-3H3,(H,17,22). The molecular formula is C16H22N4O2. The van der Waals surface area contributed by atoms with Crippen LogP contribution in [-0.4, -0.2) is 34.4 Å². The Morgan fingerprint density at radius 1 is 1.36 bits per heavy atom. The molecule has 1 heterocycles. The number of rotatable bonds is 6. The highest BCUT2D eigenvalue weighted by Gasteiger charge is 2.11. The molecule has 0 bridgehead atoms. The van der Waals surface area contributed by atoms with Gasteiger partial charge in [0.15, 0.2) is 0 Å². The molecule has 1 amide bonds. The van der Waals surface area contributed by atoms with Gasteiger partial charge in [-0.05, 0) is 32.0 Å². The number of carbonyl (C=O) groups excluding carboxylic acids is 1. The number of amides is 1. The van der Waals surface area contributed by atoms with Crippen LogP contribution in [0.15, 0.2) is 24.3 Å². The predicted octanol–water partition coefficient (Wildman–Crippen LogP) is 1.46. The van der Waals surface area contributed by atoms with Crippen LogP contribution in [0.1, 0.15) is 27.3 Å². The summed E-state index contributed by atoms with van der Waals surface area (Å²) in [5.74, 6) is -0.105. The molecule has 0 saturated carbocycles. The summed E-state index contributed by atoms with van der Waals surface area (Å²) in [4.78, 5) is 11.6. The molecular weight excluding hydrogens is 280 g/mol. The summed E-state index contributed by atoms with van der Waals surface area (Å²) in [6.07, 6.45) is 0. The third-order valence-electron chi connectivity index (χ3n) is 3.66. The average Bonchev–Trinajstić information content (AvgIpc) is 2.79. The van der Waals surface area contributed by atoms with Crippen LogP contribution in [0.2, 0.25) is 0 Å². The second kappa shape index (κ2) is 7.09. The van der Waals surface area contributed by atoms with E-state index in [0.717, 1.165) is 22.6 Å². The molecule has 0 fully saturated rings. The fraction of sp³-hybridized carbons (Fsp3) is 0.375. The number of hydrogen-bond donors (Lipinski definition) is 3. The normalized spacial score (nSPS) is 10.5. The molecule has 6 heteroatoms. The summed E-state index contributed by atoms with van der Waals surface area (Å²) in [6.45, 7) is 5.15. The lowest BCUT2D eigenvalue weighted by atomic mass is 10.1. The Balaban J connectivity index is 2.12. The SMILES string of the molecule is CNC(=O)c1cccc(NCc2c(C)nn(CCO)c2C)c1. The van der Waals surface area contributed by atoms with Gasteiger partial charge >= 0.3 is 0 Å². The molecule has 0 saturated heterocycles. The Bertz CT molecular complexity index is 664. The van der Waals surface area contributed by atoms with Crippen LogP contribution in [0.25, 0.3) is 0 Å². The van der Waals surface area contributed by atoms with E-state index in [4.69, 9.17) is 5.11 Å². The van der Waals surface area contributed by atoms with Gasteiger partial charge in [-0.1, -0.05) is 6.07 Å². The highest BCUT2D eigenvalue weighted by Crippen LogP contribution is 2.17. The second-order valence-corrected chi connectivity index (χ2v) is 5.11. The number of aromatic nitrogens is 2. The molecule has 0 atom stereocenters. The van der Waals surface area contributed by atoms with Gasteiger partial charge in [-0.3, -0.25) is 9.48 Å². The molecule has 2 rings (SSSR count). The highest BCUT2D eigenvalue weighted by atomic mass is 16.3. The minimum atomic E-state index is -0.105. The van der Waals surface area contributed by atoms with E-state index in [1.807, 2.05) is 36.7 Å². The summed E-state index contributed by atoms with van der Waals surface area (Å²) in [6, 6.07) is 7.37. The first-order valence-electron chi connectivity index (χ1n) is 7.26. The van der Waals surface area contributed by atoms with Gasteiger partial charge in [0, 0.05) is 36.1 Å². The average molecular weight is 302 g/mol. The maximum atomic E-state index is 11.6. The lowest BCUT2D eigenvalue weighted by Gasteiger charge is -2.09. The third-order valence-corrected chi connectivity index (χ3v) is 3.66. The Labute approximate surface area is 130 Å². The Morgan fingerprint density at radius 3 is 2.82 bits per heavy atom. The summed E-state index contributed by atoms with van der Waals surface area (Å²) in [5.41, 5.74) is 4.60. The molecule has 0 radical (unpaired) electrons. The zero-order chi connectivity index (χ0) is 16.1. The highest BCUT2D eigenvalue weighted by molar-refractivity contribution is 5.94. The van der Waals surface area contributed by atoms with Gasteiger partial charge in [-0.2, -0.15) is 5.10 Å². The molecule has 22 heavy (non-hydrogen) atoms. The third kappa shape index (κ3) is 3.46. The smallest absolute Gasteiger partial charge is 0.251 e. The van der Waals surface area contributed by atoms with Crippen LogP contribution in [0.3, 0.4) is 0 Å². The van der Waals surface area contributed by atoms with Crippen molar-refractivity contribution in [2.45, 2.75) is 26.9 Å². The molecule has 3 N–H and O–H groups in total. The Kier molecular flexibility index (Phi) is 5.16.